The molecule has 5 rings (SSSR count). The van der Waals surface area contributed by atoms with Crippen molar-refractivity contribution < 1.29 is 4.39 Å². The van der Waals surface area contributed by atoms with Gasteiger partial charge in [-0.2, -0.15) is 0 Å². The number of hydrogen-bond acceptors (Lipinski definition) is 4. The zero-order chi connectivity index (χ0) is 18.4. The van der Waals surface area contributed by atoms with Crippen LogP contribution in [0.3, 0.4) is 0 Å². The Morgan fingerprint density at radius 3 is 2.62 bits per heavy atom. The lowest BCUT2D eigenvalue weighted by Gasteiger charge is -2.27. The number of hydrogen-bond donors (Lipinski definition) is 2. The van der Waals surface area contributed by atoms with E-state index < -0.39 is 0 Å². The number of nitrogens with zero attached hydrogens (tertiary/aromatic N) is 2. The first-order valence-corrected chi connectivity index (χ1v) is 9.39. The molecule has 3 fully saturated rings. The van der Waals surface area contributed by atoms with Gasteiger partial charge in [0.15, 0.2) is 0 Å². The van der Waals surface area contributed by atoms with E-state index in [1.54, 1.807) is 12.1 Å². The van der Waals surface area contributed by atoms with Gasteiger partial charge in [0.05, 0.1) is 11.2 Å². The highest BCUT2D eigenvalue weighted by Gasteiger charge is 2.67. The molecule has 6 heteroatoms. The van der Waals surface area contributed by atoms with Crippen LogP contribution in [-0.4, -0.2) is 23.2 Å². The van der Waals surface area contributed by atoms with Crippen molar-refractivity contribution in [3.63, 3.8) is 0 Å². The highest BCUT2D eigenvalue weighted by atomic mass is 19.1. The van der Waals surface area contributed by atoms with E-state index in [2.05, 4.69) is 11.8 Å². The van der Waals surface area contributed by atoms with E-state index in [0.29, 0.717) is 17.8 Å². The Hall–Kier alpha value is -1.92. The molecule has 2 saturated carbocycles. The van der Waals surface area contributed by atoms with E-state index in [9.17, 15) is 4.79 Å². The Labute approximate surface area is 151 Å². The van der Waals surface area contributed by atoms with Crippen molar-refractivity contribution >= 4 is 16.6 Å². The summed E-state index contributed by atoms with van der Waals surface area (Å²) < 4.78 is 17.0. The molecule has 0 amide bonds. The summed E-state index contributed by atoms with van der Waals surface area (Å²) >= 11 is 0. The summed E-state index contributed by atoms with van der Waals surface area (Å²) in [6.07, 6.45) is 2.99. The van der Waals surface area contributed by atoms with E-state index in [0.717, 1.165) is 42.3 Å². The predicted molar refractivity (Wildman–Crippen MR) is 101 cm³/mol. The van der Waals surface area contributed by atoms with Crippen molar-refractivity contribution in [2.45, 2.75) is 51.2 Å². The van der Waals surface area contributed by atoms with Crippen molar-refractivity contribution in [3.05, 3.63) is 39.4 Å². The fourth-order valence-corrected chi connectivity index (χ4v) is 5.06. The molecular formula is C20H25FN4O. The van der Waals surface area contributed by atoms with Crippen LogP contribution in [0.15, 0.2) is 16.9 Å². The summed E-state index contributed by atoms with van der Waals surface area (Å²) in [5, 5.41) is 0.760. The fraction of sp³-hybridized carbons (Fsp3) is 0.550. The highest BCUT2D eigenvalue weighted by Crippen LogP contribution is 2.60. The van der Waals surface area contributed by atoms with Gasteiger partial charge in [0.1, 0.15) is 5.82 Å². The first kappa shape index (κ1) is 16.3. The molecule has 2 heterocycles. The van der Waals surface area contributed by atoms with Gasteiger partial charge >= 0.3 is 0 Å². The lowest BCUT2D eigenvalue weighted by Crippen LogP contribution is -2.34. The smallest absolute Gasteiger partial charge is 0.251 e. The number of aromatic nitrogens is 1. The normalized spacial score (nSPS) is 30.1. The van der Waals surface area contributed by atoms with Crippen LogP contribution in [0.2, 0.25) is 0 Å². The van der Waals surface area contributed by atoms with Crippen molar-refractivity contribution in [1.82, 2.24) is 4.57 Å². The largest absolute Gasteiger partial charge is 0.366 e. The Morgan fingerprint density at radius 2 is 2.04 bits per heavy atom. The first-order valence-electron chi connectivity index (χ1n) is 9.39. The van der Waals surface area contributed by atoms with E-state index >= 15 is 4.39 Å². The minimum absolute atomic E-state index is 0.0346. The number of nitrogens with two attached hydrogens (primary N) is 2. The van der Waals surface area contributed by atoms with Crippen LogP contribution >= 0.6 is 0 Å². The maximum atomic E-state index is 15.2. The summed E-state index contributed by atoms with van der Waals surface area (Å²) in [4.78, 5) is 14.8. The molecule has 1 saturated heterocycles. The summed E-state index contributed by atoms with van der Waals surface area (Å²) in [6.45, 7) is 5.75. The molecule has 26 heavy (non-hydrogen) atoms. The van der Waals surface area contributed by atoms with Crippen LogP contribution in [0, 0.1) is 18.2 Å². The van der Waals surface area contributed by atoms with Crippen LogP contribution in [0.5, 0.6) is 0 Å². The molecule has 1 aliphatic heterocycles. The number of fused-ring (bicyclic) bond motifs is 2. The summed E-state index contributed by atoms with van der Waals surface area (Å²) in [5.41, 5.74) is 15.1. The average molecular weight is 356 g/mol. The zero-order valence-corrected chi connectivity index (χ0v) is 15.3. The maximum absolute atomic E-state index is 15.2. The van der Waals surface area contributed by atoms with Gasteiger partial charge in [0.2, 0.25) is 0 Å². The van der Waals surface area contributed by atoms with Crippen LogP contribution in [-0.2, 0) is 6.54 Å². The molecule has 0 spiro atoms. The quantitative estimate of drug-likeness (QED) is 0.884. The molecule has 4 N–H and O–H groups in total. The van der Waals surface area contributed by atoms with Crippen molar-refractivity contribution in [3.8, 4) is 0 Å². The summed E-state index contributed by atoms with van der Waals surface area (Å²) in [6, 6.07) is 3.35. The molecular weight excluding hydrogens is 331 g/mol. The van der Waals surface area contributed by atoms with Crippen molar-refractivity contribution in [2.75, 3.05) is 18.0 Å². The number of anilines is 1. The average Bonchev–Trinajstić information content (AvgIpc) is 3.44. The van der Waals surface area contributed by atoms with Gasteiger partial charge in [-0.15, -0.1) is 0 Å². The van der Waals surface area contributed by atoms with Crippen LogP contribution in [0.1, 0.15) is 43.4 Å². The Morgan fingerprint density at radius 1 is 1.31 bits per heavy atom. The van der Waals surface area contributed by atoms with Crippen molar-refractivity contribution in [2.24, 2.45) is 16.9 Å². The number of halogens is 1. The third kappa shape index (κ3) is 2.00. The number of benzene rings is 1. The second kappa shape index (κ2) is 4.87. The second-order valence-electron chi connectivity index (χ2n) is 8.79. The maximum Gasteiger partial charge on any atom is 0.251 e. The SMILES string of the molecule is Cc1c(N2C[C@@]3(C)C[C@@]3(N)C2)c(F)cc2c(CN)cc(=O)n(C3CC3)c12. The molecule has 0 bridgehead atoms. The van der Waals surface area contributed by atoms with Gasteiger partial charge in [-0.1, -0.05) is 6.92 Å². The van der Waals surface area contributed by atoms with E-state index in [1.165, 1.54) is 0 Å². The summed E-state index contributed by atoms with van der Waals surface area (Å²) in [5.74, 6) is -0.251. The molecule has 2 aromatic rings. The predicted octanol–water partition coefficient (Wildman–Crippen LogP) is 2.17. The van der Waals surface area contributed by atoms with Gasteiger partial charge in [0, 0.05) is 48.1 Å². The van der Waals surface area contributed by atoms with Crippen LogP contribution < -0.4 is 21.9 Å². The molecule has 2 atom stereocenters. The minimum Gasteiger partial charge on any atom is -0.366 e. The summed E-state index contributed by atoms with van der Waals surface area (Å²) in [7, 11) is 0. The van der Waals surface area contributed by atoms with Gasteiger partial charge in [-0.3, -0.25) is 4.79 Å². The monoisotopic (exact) mass is 356 g/mol. The fourth-order valence-electron chi connectivity index (χ4n) is 5.06. The van der Waals surface area contributed by atoms with Crippen LogP contribution in [0.25, 0.3) is 10.9 Å². The topological polar surface area (TPSA) is 77.3 Å². The van der Waals surface area contributed by atoms with Gasteiger partial charge in [-0.25, -0.2) is 4.39 Å². The number of aryl methyl sites for hydroxylation is 1. The van der Waals surface area contributed by atoms with E-state index in [1.807, 2.05) is 11.5 Å². The molecule has 0 unspecified atom stereocenters. The number of piperidine rings is 1. The third-order valence-electron chi connectivity index (χ3n) is 6.83. The molecule has 1 aromatic carbocycles. The Bertz CT molecular complexity index is 995. The highest BCUT2D eigenvalue weighted by molar-refractivity contribution is 5.90. The molecule has 3 aliphatic rings. The lowest BCUT2D eigenvalue weighted by molar-refractivity contribution is 0.555. The number of pyridine rings is 1. The minimum atomic E-state index is -0.251. The van der Waals surface area contributed by atoms with Crippen molar-refractivity contribution in [1.29, 1.82) is 0 Å². The second-order valence-corrected chi connectivity index (χ2v) is 8.79. The molecule has 138 valence electrons. The lowest BCUT2D eigenvalue weighted by atomic mass is 10.0. The third-order valence-corrected chi connectivity index (χ3v) is 6.83. The zero-order valence-electron chi connectivity index (χ0n) is 15.3. The van der Waals surface area contributed by atoms with Gasteiger partial charge in [-0.05, 0) is 43.4 Å². The van der Waals surface area contributed by atoms with Gasteiger partial charge in [0.25, 0.3) is 5.56 Å². The molecule has 2 aliphatic carbocycles. The van der Waals surface area contributed by atoms with Gasteiger partial charge < -0.3 is 20.9 Å². The molecule has 1 aromatic heterocycles. The molecule has 0 radical (unpaired) electrons. The Balaban J connectivity index is 1.76. The first-order chi connectivity index (χ1) is 12.3. The van der Waals surface area contributed by atoms with E-state index in [4.69, 9.17) is 11.5 Å². The van der Waals surface area contributed by atoms with Crippen LogP contribution in [0.4, 0.5) is 10.1 Å². The molecule has 5 nitrogen and oxygen atoms in total. The van der Waals surface area contributed by atoms with E-state index in [-0.39, 0.29) is 34.9 Å². The standard InChI is InChI=1S/C20H25FN4O/c1-11-17-14(12(7-22)5-16(26)25(17)13-3-4-13)6-15(21)18(11)24-9-19(2)8-20(19,23)10-24/h5-6,13H,3-4,7-10,22-23H2,1-2H3/t19-,20-/m1/s1. The number of rotatable bonds is 3. The Kier molecular flexibility index (Phi) is 3.05.